The van der Waals surface area contributed by atoms with Crippen molar-refractivity contribution < 1.29 is 18.3 Å². The molecule has 33 heavy (non-hydrogen) atoms. The third-order valence-electron chi connectivity index (χ3n) is 6.18. The average molecular weight is 452 g/mol. The maximum Gasteiger partial charge on any atom is 0.250 e. The molecule has 1 aromatic heterocycles. The van der Waals surface area contributed by atoms with Gasteiger partial charge in [-0.3, -0.25) is 4.79 Å². The van der Waals surface area contributed by atoms with Crippen molar-refractivity contribution in [3.05, 3.63) is 83.0 Å². The summed E-state index contributed by atoms with van der Waals surface area (Å²) < 4.78 is 34.8. The molecule has 1 aliphatic heterocycles. The molecule has 0 spiro atoms. The van der Waals surface area contributed by atoms with Crippen molar-refractivity contribution in [3.8, 4) is 11.4 Å². The summed E-state index contributed by atoms with van der Waals surface area (Å²) in [7, 11) is 1.61. The van der Waals surface area contributed by atoms with Crippen LogP contribution in [0.2, 0.25) is 0 Å². The molecule has 3 aromatic rings. The largest absolute Gasteiger partial charge is 0.495 e. The van der Waals surface area contributed by atoms with E-state index in [1.165, 1.54) is 12.1 Å². The molecule has 0 aliphatic carbocycles. The lowest BCUT2D eigenvalue weighted by atomic mass is 9.88. The molecule has 0 unspecified atom stereocenters. The van der Waals surface area contributed by atoms with E-state index in [0.29, 0.717) is 29.9 Å². The van der Waals surface area contributed by atoms with Crippen molar-refractivity contribution in [3.63, 3.8) is 0 Å². The molecular formula is C26H27F2N3O2. The normalized spacial score (nSPS) is 15.9. The van der Waals surface area contributed by atoms with Gasteiger partial charge in [0.25, 0.3) is 5.91 Å². The van der Waals surface area contributed by atoms with Crippen molar-refractivity contribution in [2.45, 2.75) is 39.2 Å². The predicted octanol–water partition coefficient (Wildman–Crippen LogP) is 5.41. The number of imidazole rings is 1. The van der Waals surface area contributed by atoms with Gasteiger partial charge in [0.2, 0.25) is 0 Å². The average Bonchev–Trinajstić information content (AvgIpc) is 3.22. The number of benzene rings is 2. The van der Waals surface area contributed by atoms with Gasteiger partial charge in [-0.15, -0.1) is 0 Å². The van der Waals surface area contributed by atoms with Gasteiger partial charge in [0.15, 0.2) is 11.6 Å². The van der Waals surface area contributed by atoms with Crippen LogP contribution >= 0.6 is 0 Å². The van der Waals surface area contributed by atoms with Gasteiger partial charge in [-0.25, -0.2) is 13.8 Å². The van der Waals surface area contributed by atoms with Crippen LogP contribution in [0.5, 0.6) is 5.75 Å². The third kappa shape index (κ3) is 4.40. The van der Waals surface area contributed by atoms with Gasteiger partial charge in [0, 0.05) is 18.3 Å². The molecule has 5 nitrogen and oxygen atoms in total. The minimum atomic E-state index is -0.916. The first-order valence-electron chi connectivity index (χ1n) is 10.9. The first-order chi connectivity index (χ1) is 15.7. The lowest BCUT2D eigenvalue weighted by molar-refractivity contribution is -0.134. The monoisotopic (exact) mass is 451 g/mol. The number of amides is 1. The van der Waals surface area contributed by atoms with Gasteiger partial charge >= 0.3 is 0 Å². The molecular weight excluding hydrogens is 424 g/mol. The second-order valence-corrected chi connectivity index (χ2v) is 8.77. The summed E-state index contributed by atoms with van der Waals surface area (Å²) in [6.45, 7) is 6.17. The Morgan fingerprint density at radius 3 is 2.58 bits per heavy atom. The van der Waals surface area contributed by atoms with Crippen LogP contribution in [0.15, 0.2) is 54.5 Å². The number of methoxy groups -OCH3 is 1. The molecule has 2 aromatic carbocycles. The molecule has 172 valence electrons. The quantitative estimate of drug-likeness (QED) is 0.488. The van der Waals surface area contributed by atoms with Crippen molar-refractivity contribution in [2.75, 3.05) is 13.7 Å². The molecule has 0 saturated carbocycles. The second kappa shape index (κ2) is 8.81. The van der Waals surface area contributed by atoms with Gasteiger partial charge in [0.05, 0.1) is 30.4 Å². The zero-order valence-corrected chi connectivity index (χ0v) is 19.2. The van der Waals surface area contributed by atoms with Crippen molar-refractivity contribution in [1.82, 2.24) is 14.5 Å². The van der Waals surface area contributed by atoms with Gasteiger partial charge in [-0.1, -0.05) is 12.1 Å². The molecule has 1 amide bonds. The fourth-order valence-corrected chi connectivity index (χ4v) is 4.26. The summed E-state index contributed by atoms with van der Waals surface area (Å²) >= 11 is 0. The molecule has 1 aliphatic rings. The second-order valence-electron chi connectivity index (χ2n) is 8.77. The number of aryl methyl sites for hydroxylation is 1. The van der Waals surface area contributed by atoms with Crippen LogP contribution in [0, 0.1) is 18.6 Å². The molecule has 4 rings (SSSR count). The van der Waals surface area contributed by atoms with E-state index in [1.54, 1.807) is 18.3 Å². The summed E-state index contributed by atoms with van der Waals surface area (Å²) in [5.41, 5.74) is 3.05. The van der Waals surface area contributed by atoms with Crippen LogP contribution in [-0.4, -0.2) is 34.0 Å². The van der Waals surface area contributed by atoms with Crippen LogP contribution in [0.4, 0.5) is 8.78 Å². The van der Waals surface area contributed by atoms with Gasteiger partial charge in [0.1, 0.15) is 5.75 Å². The number of halogens is 2. The highest BCUT2D eigenvalue weighted by atomic mass is 19.2. The summed E-state index contributed by atoms with van der Waals surface area (Å²) in [4.78, 5) is 19.4. The predicted molar refractivity (Wildman–Crippen MR) is 123 cm³/mol. The fraction of sp³-hybridized carbons (Fsp3) is 0.308. The van der Waals surface area contributed by atoms with E-state index in [-0.39, 0.29) is 5.91 Å². The van der Waals surface area contributed by atoms with E-state index in [2.05, 4.69) is 4.98 Å². The summed E-state index contributed by atoms with van der Waals surface area (Å²) in [6.07, 6.45) is 6.95. The van der Waals surface area contributed by atoms with E-state index in [1.807, 2.05) is 55.8 Å². The highest BCUT2D eigenvalue weighted by Gasteiger charge is 2.36. The number of carbonyl (C=O) groups excluding carboxylic acids is 1. The number of piperidine rings is 1. The smallest absolute Gasteiger partial charge is 0.250 e. The molecule has 0 N–H and O–H groups in total. The van der Waals surface area contributed by atoms with Crippen molar-refractivity contribution in [1.29, 1.82) is 0 Å². The Labute approximate surface area is 192 Å². The van der Waals surface area contributed by atoms with E-state index < -0.39 is 17.2 Å². The van der Waals surface area contributed by atoms with Crippen LogP contribution < -0.4 is 4.74 Å². The van der Waals surface area contributed by atoms with E-state index >= 15 is 0 Å². The zero-order valence-electron chi connectivity index (χ0n) is 19.2. The van der Waals surface area contributed by atoms with Gasteiger partial charge in [-0.05, 0) is 75.1 Å². The maximum atomic E-state index is 13.9. The summed E-state index contributed by atoms with van der Waals surface area (Å²) in [6, 6.07) is 9.57. The number of hydrogen-bond donors (Lipinski definition) is 0. The SMILES string of the molecule is COc1cc(C=C2CCCN(C(C)(C)c3ccc(F)c(F)c3)C2=O)ccc1-n1cnc(C)c1. The summed E-state index contributed by atoms with van der Waals surface area (Å²) in [5.74, 6) is -1.25. The first kappa shape index (κ1) is 22.7. The van der Waals surface area contributed by atoms with Crippen LogP contribution in [0.25, 0.3) is 11.8 Å². The maximum absolute atomic E-state index is 13.9. The molecule has 0 radical (unpaired) electrons. The third-order valence-corrected chi connectivity index (χ3v) is 6.18. The number of aromatic nitrogens is 2. The molecule has 7 heteroatoms. The molecule has 0 atom stereocenters. The number of hydrogen-bond acceptors (Lipinski definition) is 3. The number of carbonyl (C=O) groups is 1. The Bertz CT molecular complexity index is 1230. The Morgan fingerprint density at radius 1 is 1.12 bits per heavy atom. The van der Waals surface area contributed by atoms with Gasteiger partial charge < -0.3 is 14.2 Å². The molecule has 2 heterocycles. The number of ether oxygens (including phenoxy) is 1. The van der Waals surface area contributed by atoms with Crippen molar-refractivity contribution in [2.24, 2.45) is 0 Å². The standard InChI is InChI=1S/C26H27F2N3O2/c1-17-15-30(16-29-17)23-10-7-18(13-24(23)33-4)12-19-6-5-11-31(25(19)32)26(2,3)20-8-9-21(27)22(28)14-20/h7-10,12-16H,5-6,11H2,1-4H3. The van der Waals surface area contributed by atoms with Crippen LogP contribution in [0.1, 0.15) is 43.5 Å². The fourth-order valence-electron chi connectivity index (χ4n) is 4.26. The summed E-state index contributed by atoms with van der Waals surface area (Å²) in [5, 5.41) is 0. The lowest BCUT2D eigenvalue weighted by Crippen LogP contribution is -2.48. The Hall–Kier alpha value is -3.48. The Morgan fingerprint density at radius 2 is 1.91 bits per heavy atom. The Kier molecular flexibility index (Phi) is 6.06. The topological polar surface area (TPSA) is 47.4 Å². The Balaban J connectivity index is 1.63. The van der Waals surface area contributed by atoms with E-state index in [0.717, 1.165) is 29.4 Å². The number of rotatable bonds is 5. The first-order valence-corrected chi connectivity index (χ1v) is 10.9. The van der Waals surface area contributed by atoms with E-state index in [4.69, 9.17) is 4.74 Å². The molecule has 1 fully saturated rings. The molecule has 1 saturated heterocycles. The van der Waals surface area contributed by atoms with Crippen LogP contribution in [0.3, 0.4) is 0 Å². The minimum Gasteiger partial charge on any atom is -0.495 e. The van der Waals surface area contributed by atoms with Gasteiger partial charge in [-0.2, -0.15) is 0 Å². The minimum absolute atomic E-state index is 0.107. The number of likely N-dealkylation sites (tertiary alicyclic amines) is 1. The van der Waals surface area contributed by atoms with E-state index in [9.17, 15) is 13.6 Å². The lowest BCUT2D eigenvalue weighted by Gasteiger charge is -2.42. The highest BCUT2D eigenvalue weighted by Crippen LogP contribution is 2.34. The highest BCUT2D eigenvalue weighted by molar-refractivity contribution is 5.99. The van der Waals surface area contributed by atoms with Crippen molar-refractivity contribution >= 4 is 12.0 Å². The number of nitrogens with zero attached hydrogens (tertiary/aromatic N) is 3. The zero-order chi connectivity index (χ0) is 23.8. The molecule has 0 bridgehead atoms. The van der Waals surface area contributed by atoms with Crippen LogP contribution in [-0.2, 0) is 10.3 Å².